The summed E-state index contributed by atoms with van der Waals surface area (Å²) in [4.78, 5) is 10.5. The van der Waals surface area contributed by atoms with Gasteiger partial charge >= 0.3 is 0 Å². The molecule has 0 radical (unpaired) electrons. The van der Waals surface area contributed by atoms with Crippen molar-refractivity contribution in [3.8, 4) is 0 Å². The summed E-state index contributed by atoms with van der Waals surface area (Å²) in [6.07, 6.45) is 1.50. The van der Waals surface area contributed by atoms with Crippen molar-refractivity contribution in [1.82, 2.24) is 9.97 Å². The molecule has 1 N–H and O–H groups in total. The van der Waals surface area contributed by atoms with E-state index in [1.165, 1.54) is 18.5 Å². The number of hydrogen-bond acceptors (Lipinski definition) is 4. The molecular weight excluding hydrogens is 285 g/mol. The van der Waals surface area contributed by atoms with Crippen LogP contribution in [0.3, 0.4) is 0 Å². The lowest BCUT2D eigenvalue weighted by Gasteiger charge is -2.08. The molecule has 0 saturated heterocycles. The minimum atomic E-state index is -0.366. The molecule has 19 heavy (non-hydrogen) atoms. The number of aryl methyl sites for hydroxylation is 1. The maximum absolute atomic E-state index is 13.0. The van der Waals surface area contributed by atoms with Gasteiger partial charge in [-0.3, -0.25) is 0 Å². The fourth-order valence-electron chi connectivity index (χ4n) is 1.79. The summed E-state index contributed by atoms with van der Waals surface area (Å²) >= 11 is 7.59. The molecule has 0 atom stereocenters. The second-order valence-electron chi connectivity index (χ2n) is 4.05. The van der Waals surface area contributed by atoms with Crippen LogP contribution in [-0.2, 0) is 0 Å². The number of thiophene rings is 1. The van der Waals surface area contributed by atoms with E-state index in [9.17, 15) is 4.39 Å². The van der Waals surface area contributed by atoms with Gasteiger partial charge in [-0.2, -0.15) is 0 Å². The van der Waals surface area contributed by atoms with Gasteiger partial charge in [0.05, 0.1) is 16.1 Å². The Morgan fingerprint density at radius 2 is 2.11 bits per heavy atom. The van der Waals surface area contributed by atoms with Crippen LogP contribution in [0, 0.1) is 12.7 Å². The summed E-state index contributed by atoms with van der Waals surface area (Å²) in [7, 11) is 0. The molecule has 0 aliphatic rings. The first kappa shape index (κ1) is 12.3. The van der Waals surface area contributed by atoms with Crippen LogP contribution in [0.4, 0.5) is 15.9 Å². The van der Waals surface area contributed by atoms with Crippen LogP contribution in [-0.4, -0.2) is 9.97 Å². The van der Waals surface area contributed by atoms with Crippen molar-refractivity contribution in [2.75, 3.05) is 5.32 Å². The predicted molar refractivity (Wildman–Crippen MR) is 76.8 cm³/mol. The van der Waals surface area contributed by atoms with Gasteiger partial charge in [0.15, 0.2) is 0 Å². The molecule has 3 rings (SSSR count). The Bertz CT molecular complexity index is 757. The molecule has 0 fully saturated rings. The maximum Gasteiger partial charge on any atom is 0.142 e. The fraction of sp³-hybridized carbons (Fsp3) is 0.0769. The standard InChI is InChI=1S/C13H9ClFN3S/c1-7-4-9-12(16-6-17-13(9)19-7)18-11-3-2-8(15)5-10(11)14/h2-6H,1H3,(H,16,17,18). The van der Waals surface area contributed by atoms with Gasteiger partial charge in [-0.05, 0) is 31.2 Å². The smallest absolute Gasteiger partial charge is 0.142 e. The number of nitrogens with zero attached hydrogens (tertiary/aromatic N) is 2. The molecule has 2 aromatic heterocycles. The van der Waals surface area contributed by atoms with Crippen LogP contribution in [0.25, 0.3) is 10.2 Å². The molecule has 0 aliphatic carbocycles. The molecule has 0 bridgehead atoms. The van der Waals surface area contributed by atoms with Gasteiger partial charge in [0.25, 0.3) is 0 Å². The molecule has 96 valence electrons. The van der Waals surface area contributed by atoms with Crippen LogP contribution in [0.5, 0.6) is 0 Å². The highest BCUT2D eigenvalue weighted by molar-refractivity contribution is 7.18. The first-order valence-corrected chi connectivity index (χ1v) is 6.76. The van der Waals surface area contributed by atoms with E-state index in [0.717, 1.165) is 15.1 Å². The number of benzene rings is 1. The van der Waals surface area contributed by atoms with Crippen molar-refractivity contribution in [1.29, 1.82) is 0 Å². The lowest BCUT2D eigenvalue weighted by molar-refractivity contribution is 0.628. The van der Waals surface area contributed by atoms with E-state index < -0.39 is 0 Å². The Kier molecular flexibility index (Phi) is 3.08. The normalized spacial score (nSPS) is 10.9. The van der Waals surface area contributed by atoms with E-state index in [1.807, 2.05) is 13.0 Å². The number of aromatic nitrogens is 2. The number of fused-ring (bicyclic) bond motifs is 1. The van der Waals surface area contributed by atoms with Crippen LogP contribution in [0.2, 0.25) is 5.02 Å². The van der Waals surface area contributed by atoms with Crippen molar-refractivity contribution in [2.24, 2.45) is 0 Å². The lowest BCUT2D eigenvalue weighted by atomic mass is 10.3. The maximum atomic E-state index is 13.0. The van der Waals surface area contributed by atoms with Crippen molar-refractivity contribution < 1.29 is 4.39 Å². The Hall–Kier alpha value is -1.72. The highest BCUT2D eigenvalue weighted by Crippen LogP contribution is 2.31. The van der Waals surface area contributed by atoms with E-state index in [0.29, 0.717) is 16.5 Å². The first-order valence-electron chi connectivity index (χ1n) is 5.57. The van der Waals surface area contributed by atoms with Crippen molar-refractivity contribution in [3.05, 3.63) is 46.3 Å². The number of rotatable bonds is 2. The number of hydrogen-bond donors (Lipinski definition) is 1. The highest BCUT2D eigenvalue weighted by atomic mass is 35.5. The molecule has 3 aromatic rings. The zero-order chi connectivity index (χ0) is 13.4. The summed E-state index contributed by atoms with van der Waals surface area (Å²) in [5.74, 6) is 0.303. The molecule has 2 heterocycles. The van der Waals surface area contributed by atoms with Crippen LogP contribution in [0.1, 0.15) is 4.88 Å². The molecule has 0 aliphatic heterocycles. The predicted octanol–water partition coefficient (Wildman–Crippen LogP) is 4.54. The van der Waals surface area contributed by atoms with E-state index in [4.69, 9.17) is 11.6 Å². The van der Waals surface area contributed by atoms with E-state index in [1.54, 1.807) is 17.4 Å². The van der Waals surface area contributed by atoms with Crippen molar-refractivity contribution >= 4 is 44.7 Å². The van der Waals surface area contributed by atoms with Gasteiger partial charge in [-0.25, -0.2) is 14.4 Å². The monoisotopic (exact) mass is 293 g/mol. The average molecular weight is 294 g/mol. The highest BCUT2D eigenvalue weighted by Gasteiger charge is 2.09. The molecule has 0 amide bonds. The number of halogens is 2. The third kappa shape index (κ3) is 2.39. The Morgan fingerprint density at radius 1 is 1.26 bits per heavy atom. The molecule has 0 spiro atoms. The van der Waals surface area contributed by atoms with Crippen LogP contribution >= 0.6 is 22.9 Å². The number of nitrogens with one attached hydrogen (secondary N) is 1. The second-order valence-corrected chi connectivity index (χ2v) is 5.69. The molecule has 3 nitrogen and oxygen atoms in total. The Morgan fingerprint density at radius 3 is 2.89 bits per heavy atom. The third-order valence-electron chi connectivity index (χ3n) is 2.64. The first-order chi connectivity index (χ1) is 9.13. The van der Waals surface area contributed by atoms with E-state index in [2.05, 4.69) is 15.3 Å². The van der Waals surface area contributed by atoms with Crippen molar-refractivity contribution in [2.45, 2.75) is 6.92 Å². The molecule has 0 unspecified atom stereocenters. The molecule has 0 saturated carbocycles. The zero-order valence-corrected chi connectivity index (χ0v) is 11.5. The van der Waals surface area contributed by atoms with E-state index >= 15 is 0 Å². The summed E-state index contributed by atoms with van der Waals surface area (Å²) in [5, 5.41) is 4.37. The van der Waals surface area contributed by atoms with Gasteiger partial charge in [0, 0.05) is 4.88 Å². The van der Waals surface area contributed by atoms with Crippen molar-refractivity contribution in [3.63, 3.8) is 0 Å². The summed E-state index contributed by atoms with van der Waals surface area (Å²) in [5.41, 5.74) is 0.618. The van der Waals surface area contributed by atoms with Crippen LogP contribution in [0.15, 0.2) is 30.6 Å². The molecule has 6 heteroatoms. The van der Waals surface area contributed by atoms with Gasteiger partial charge in [0.1, 0.15) is 22.8 Å². The van der Waals surface area contributed by atoms with Crippen LogP contribution < -0.4 is 5.32 Å². The number of anilines is 2. The quantitative estimate of drug-likeness (QED) is 0.754. The third-order valence-corrected chi connectivity index (χ3v) is 3.91. The molecule has 1 aromatic carbocycles. The zero-order valence-electron chi connectivity index (χ0n) is 9.95. The lowest BCUT2D eigenvalue weighted by Crippen LogP contribution is -1.95. The minimum Gasteiger partial charge on any atom is -0.338 e. The SMILES string of the molecule is Cc1cc2c(Nc3ccc(F)cc3Cl)ncnc2s1. The van der Waals surface area contributed by atoms with Gasteiger partial charge in [0.2, 0.25) is 0 Å². The van der Waals surface area contributed by atoms with Gasteiger partial charge in [-0.1, -0.05) is 11.6 Å². The van der Waals surface area contributed by atoms with Gasteiger partial charge in [-0.15, -0.1) is 11.3 Å². The fourth-order valence-corrected chi connectivity index (χ4v) is 2.86. The summed E-state index contributed by atoms with van der Waals surface area (Å²) in [6, 6.07) is 6.22. The average Bonchev–Trinajstić information content (AvgIpc) is 2.74. The largest absolute Gasteiger partial charge is 0.338 e. The minimum absolute atomic E-state index is 0.318. The van der Waals surface area contributed by atoms with E-state index in [-0.39, 0.29) is 5.82 Å². The second kappa shape index (κ2) is 4.75. The summed E-state index contributed by atoms with van der Waals surface area (Å²) in [6.45, 7) is 2.01. The Balaban J connectivity index is 2.05. The Labute approximate surface area is 118 Å². The van der Waals surface area contributed by atoms with Gasteiger partial charge < -0.3 is 5.32 Å². The molecular formula is C13H9ClFN3S. The topological polar surface area (TPSA) is 37.8 Å². The summed E-state index contributed by atoms with van der Waals surface area (Å²) < 4.78 is 13.0.